The van der Waals surface area contributed by atoms with Gasteiger partial charge in [-0.15, -0.1) is 0 Å². The van der Waals surface area contributed by atoms with E-state index in [0.29, 0.717) is 18.2 Å². The van der Waals surface area contributed by atoms with E-state index in [-0.39, 0.29) is 12.2 Å². The van der Waals surface area contributed by atoms with Gasteiger partial charge in [0, 0.05) is 6.54 Å². The molecule has 0 amide bonds. The predicted octanol–water partition coefficient (Wildman–Crippen LogP) is 6.02. The van der Waals surface area contributed by atoms with E-state index in [1.54, 1.807) is 11.3 Å². The van der Waals surface area contributed by atoms with Crippen molar-refractivity contribution in [2.75, 3.05) is 17.2 Å². The standard InChI is InChI=1S/C29H24N2O4S2/c1-30-28(36-26-15-13-21-10-5-6-11-23(21)29(26)30)19-27-31(16-7-17-37(32,33)34)24-18-22(12-14-25(24)35-27)20-8-3-2-4-9-20/h2-6,8-15,18-19H,7,16-17H2,1H3/p+1. The molecule has 0 atom stereocenters. The van der Waals surface area contributed by atoms with Crippen LogP contribution in [0.5, 0.6) is 5.75 Å². The number of anilines is 1. The summed E-state index contributed by atoms with van der Waals surface area (Å²) >= 11 is 1.68. The quantitative estimate of drug-likeness (QED) is 0.215. The molecule has 186 valence electrons. The molecule has 0 unspecified atom stereocenters. The minimum atomic E-state index is -4.05. The lowest BCUT2D eigenvalue weighted by atomic mass is 10.0. The average Bonchev–Trinajstić information content (AvgIpc) is 3.40. The second kappa shape index (κ2) is 9.30. The third kappa shape index (κ3) is 4.59. The molecule has 1 aromatic heterocycles. The largest absolute Gasteiger partial charge is 0.438 e. The minimum absolute atomic E-state index is 0.262. The molecule has 8 heteroatoms. The summed E-state index contributed by atoms with van der Waals surface area (Å²) in [7, 11) is -2.00. The van der Waals surface area contributed by atoms with Crippen molar-refractivity contribution in [1.29, 1.82) is 0 Å². The van der Waals surface area contributed by atoms with E-state index in [1.807, 2.05) is 47.4 Å². The molecule has 2 heterocycles. The van der Waals surface area contributed by atoms with Crippen molar-refractivity contribution in [1.82, 2.24) is 0 Å². The van der Waals surface area contributed by atoms with Crippen molar-refractivity contribution in [3.05, 3.63) is 95.8 Å². The molecule has 0 radical (unpaired) electrons. The lowest BCUT2D eigenvalue weighted by Crippen LogP contribution is -2.30. The molecule has 37 heavy (non-hydrogen) atoms. The van der Waals surface area contributed by atoms with E-state index in [4.69, 9.17) is 4.74 Å². The molecular formula is C29H25N2O4S2+. The van der Waals surface area contributed by atoms with E-state index in [2.05, 4.69) is 60.1 Å². The normalized spacial score (nSPS) is 14.4. The second-order valence-electron chi connectivity index (χ2n) is 9.06. The van der Waals surface area contributed by atoms with Gasteiger partial charge in [-0.3, -0.25) is 4.55 Å². The van der Waals surface area contributed by atoms with Gasteiger partial charge in [0.05, 0.1) is 22.9 Å². The number of aromatic nitrogens is 1. The van der Waals surface area contributed by atoms with Crippen molar-refractivity contribution in [2.45, 2.75) is 6.42 Å². The van der Waals surface area contributed by atoms with Crippen LogP contribution in [-0.4, -0.2) is 25.3 Å². The topological polar surface area (TPSA) is 70.7 Å². The van der Waals surface area contributed by atoms with Crippen LogP contribution in [0.3, 0.4) is 0 Å². The number of benzene rings is 4. The van der Waals surface area contributed by atoms with E-state index >= 15 is 0 Å². The van der Waals surface area contributed by atoms with Gasteiger partial charge in [-0.2, -0.15) is 13.0 Å². The predicted molar refractivity (Wildman–Crippen MR) is 149 cm³/mol. The fourth-order valence-corrected chi connectivity index (χ4v) is 6.43. The highest BCUT2D eigenvalue weighted by Gasteiger charge is 2.29. The van der Waals surface area contributed by atoms with Crippen LogP contribution in [0.2, 0.25) is 0 Å². The first kappa shape index (κ1) is 23.7. The summed E-state index contributed by atoms with van der Waals surface area (Å²) in [5.41, 5.74) is 4.16. The zero-order valence-corrected chi connectivity index (χ0v) is 21.8. The van der Waals surface area contributed by atoms with Crippen LogP contribution in [0, 0.1) is 0 Å². The molecule has 0 spiro atoms. The maximum atomic E-state index is 11.4. The number of rotatable bonds is 6. The van der Waals surface area contributed by atoms with Gasteiger partial charge in [-0.05, 0) is 47.2 Å². The summed E-state index contributed by atoms with van der Waals surface area (Å²) in [4.78, 5) is 2.00. The van der Waals surface area contributed by atoms with Crippen LogP contribution in [0.25, 0.3) is 38.2 Å². The number of aryl methyl sites for hydroxylation is 1. The number of nitrogens with zero attached hydrogens (tertiary/aromatic N) is 2. The van der Waals surface area contributed by atoms with Gasteiger partial charge in [-0.1, -0.05) is 72.0 Å². The Bertz CT molecular complexity index is 1780. The van der Waals surface area contributed by atoms with Crippen molar-refractivity contribution in [2.24, 2.45) is 7.05 Å². The lowest BCUT2D eigenvalue weighted by Gasteiger charge is -2.18. The highest BCUT2D eigenvalue weighted by Crippen LogP contribution is 2.42. The summed E-state index contributed by atoms with van der Waals surface area (Å²) in [6.45, 7) is 0.383. The molecule has 1 aliphatic heterocycles. The van der Waals surface area contributed by atoms with E-state index < -0.39 is 10.1 Å². The molecule has 0 saturated carbocycles. The third-order valence-corrected chi connectivity index (χ3v) is 8.57. The molecule has 1 N–H and O–H groups in total. The SMILES string of the molecule is C[n+]1c(C=C2Oc3ccc(-c4ccccc4)cc3N2CCCS(=O)(=O)O)sc2ccc3ccccc3c21. The maximum absolute atomic E-state index is 11.4. The second-order valence-corrected chi connectivity index (χ2v) is 11.7. The van der Waals surface area contributed by atoms with Gasteiger partial charge in [0.2, 0.25) is 11.4 Å². The monoisotopic (exact) mass is 529 g/mol. The average molecular weight is 530 g/mol. The summed E-state index contributed by atoms with van der Waals surface area (Å²) in [6.07, 6.45) is 2.27. The van der Waals surface area contributed by atoms with Crippen LogP contribution >= 0.6 is 11.3 Å². The van der Waals surface area contributed by atoms with E-state index in [0.717, 1.165) is 27.3 Å². The molecule has 6 nitrogen and oxygen atoms in total. The highest BCUT2D eigenvalue weighted by atomic mass is 32.2. The zero-order chi connectivity index (χ0) is 25.6. The Morgan fingerprint density at radius 3 is 2.57 bits per heavy atom. The number of hydrogen-bond donors (Lipinski definition) is 1. The number of hydrogen-bond acceptors (Lipinski definition) is 5. The summed E-state index contributed by atoms with van der Waals surface area (Å²) in [5, 5.41) is 3.39. The van der Waals surface area contributed by atoms with E-state index in [1.165, 1.54) is 15.5 Å². The molecule has 1 aliphatic rings. The van der Waals surface area contributed by atoms with Gasteiger partial charge in [0.25, 0.3) is 15.1 Å². The van der Waals surface area contributed by atoms with Crippen molar-refractivity contribution in [3.8, 4) is 16.9 Å². The van der Waals surface area contributed by atoms with Crippen molar-refractivity contribution < 1.29 is 22.3 Å². The van der Waals surface area contributed by atoms with Crippen LogP contribution < -0.4 is 14.2 Å². The third-order valence-electron chi connectivity index (χ3n) is 6.61. The van der Waals surface area contributed by atoms with Gasteiger partial charge in [-0.25, -0.2) is 0 Å². The molecule has 4 aromatic carbocycles. The lowest BCUT2D eigenvalue weighted by molar-refractivity contribution is -0.641. The number of ether oxygens (including phenoxy) is 1. The number of thiazole rings is 1. The molecule has 5 aromatic rings. The molecule has 0 saturated heterocycles. The Morgan fingerprint density at radius 2 is 1.76 bits per heavy atom. The fourth-order valence-electron chi connectivity index (χ4n) is 4.84. The zero-order valence-electron chi connectivity index (χ0n) is 20.2. The first-order valence-corrected chi connectivity index (χ1v) is 14.4. The van der Waals surface area contributed by atoms with Crippen molar-refractivity contribution >= 4 is 54.2 Å². The van der Waals surface area contributed by atoms with Gasteiger partial charge >= 0.3 is 0 Å². The van der Waals surface area contributed by atoms with Crippen molar-refractivity contribution in [3.63, 3.8) is 0 Å². The Morgan fingerprint density at radius 1 is 0.973 bits per heavy atom. The van der Waals surface area contributed by atoms with Gasteiger partial charge in [0.1, 0.15) is 11.7 Å². The first-order valence-electron chi connectivity index (χ1n) is 12.0. The van der Waals surface area contributed by atoms with Gasteiger partial charge < -0.3 is 9.64 Å². The Labute approximate surface area is 219 Å². The molecular weight excluding hydrogens is 504 g/mol. The molecule has 0 aliphatic carbocycles. The minimum Gasteiger partial charge on any atom is -0.438 e. The molecule has 0 fully saturated rings. The fraction of sp³-hybridized carbons (Fsp3) is 0.138. The smallest absolute Gasteiger partial charge is 0.267 e. The molecule has 0 bridgehead atoms. The van der Waals surface area contributed by atoms with Gasteiger partial charge in [0.15, 0.2) is 5.75 Å². The maximum Gasteiger partial charge on any atom is 0.267 e. The number of fused-ring (bicyclic) bond motifs is 4. The Balaban J connectivity index is 1.43. The van der Waals surface area contributed by atoms with E-state index in [9.17, 15) is 13.0 Å². The summed E-state index contributed by atoms with van der Waals surface area (Å²) in [6, 6.07) is 28.8. The summed E-state index contributed by atoms with van der Waals surface area (Å²) < 4.78 is 41.7. The first-order chi connectivity index (χ1) is 17.9. The van der Waals surface area contributed by atoms with Crippen LogP contribution in [-0.2, 0) is 17.2 Å². The summed E-state index contributed by atoms with van der Waals surface area (Å²) in [5.74, 6) is 1.03. The Kier molecular flexibility index (Phi) is 5.95. The highest BCUT2D eigenvalue weighted by molar-refractivity contribution is 7.85. The Hall–Kier alpha value is -3.72. The van der Waals surface area contributed by atoms with Crippen LogP contribution in [0.1, 0.15) is 11.4 Å². The molecule has 6 rings (SSSR count). The van der Waals surface area contributed by atoms with Crippen LogP contribution in [0.15, 0.2) is 90.8 Å². The van der Waals surface area contributed by atoms with Crippen LogP contribution in [0.4, 0.5) is 5.69 Å².